The normalized spacial score (nSPS) is 15.4. The van der Waals surface area contributed by atoms with Crippen molar-refractivity contribution in [1.29, 1.82) is 0 Å². The molecule has 0 aliphatic rings. The highest BCUT2D eigenvalue weighted by Gasteiger charge is 2.76. The molecule has 0 spiro atoms. The van der Waals surface area contributed by atoms with Crippen molar-refractivity contribution in [3.63, 3.8) is 0 Å². The molecule has 1 aromatic rings. The van der Waals surface area contributed by atoms with Gasteiger partial charge in [-0.2, -0.15) is 0 Å². The van der Waals surface area contributed by atoms with E-state index in [1.807, 2.05) is 30.3 Å². The predicted octanol–water partition coefficient (Wildman–Crippen LogP) is 11.4. The van der Waals surface area contributed by atoms with Gasteiger partial charge in [-0.25, -0.2) is 0 Å². The van der Waals surface area contributed by atoms with Gasteiger partial charge in [-0.05, 0) is 5.56 Å². The molecule has 0 saturated carbocycles. The summed E-state index contributed by atoms with van der Waals surface area (Å²) < 4.78 is -4.10. The van der Waals surface area contributed by atoms with Crippen molar-refractivity contribution in [3.8, 4) is 0 Å². The first-order valence-electron chi connectivity index (χ1n) is 5.87. The number of benzene rings is 1. The van der Waals surface area contributed by atoms with E-state index < -0.39 is 18.3 Å². The van der Waals surface area contributed by atoms with E-state index in [2.05, 4.69) is 207 Å². The molecule has 0 amide bonds. The molecule has 0 aromatic heterocycles. The molecule has 0 aliphatic carbocycles. The minimum atomic E-state index is -0.898. The Balaban J connectivity index is 4.05. The van der Waals surface area contributed by atoms with Gasteiger partial charge < -0.3 is 0 Å². The van der Waals surface area contributed by atoms with Crippen LogP contribution >= 0.6 is 207 Å². The highest BCUT2D eigenvalue weighted by molar-refractivity contribution is 9.42. The molecule has 1 rings (SSSR count). The van der Waals surface area contributed by atoms with Crippen LogP contribution in [0.15, 0.2) is 30.3 Å². The Morgan fingerprint density at radius 2 is 0.800 bits per heavy atom. The standard InChI is InChI=1S/C12H5Br13/c13-8(14,9(15,16)12(23,24)25)7(10(17,18)19,11(20,21)22)6-4-2-1-3-5-6/h1-5H. The molecule has 0 fully saturated rings. The Labute approximate surface area is 256 Å². The first-order chi connectivity index (χ1) is 10.9. The van der Waals surface area contributed by atoms with Crippen LogP contribution in [0, 0.1) is 0 Å². The number of alkyl halides is 13. The van der Waals surface area contributed by atoms with Crippen LogP contribution in [-0.2, 0) is 5.41 Å². The maximum Gasteiger partial charge on any atom is 0.162 e. The number of halogens is 13. The smallest absolute Gasteiger partial charge is 0.0688 e. The van der Waals surface area contributed by atoms with Gasteiger partial charge in [0, 0.05) is 0 Å². The lowest BCUT2D eigenvalue weighted by molar-refractivity contribution is 0.442. The van der Waals surface area contributed by atoms with Crippen molar-refractivity contribution in [3.05, 3.63) is 35.9 Å². The zero-order valence-electron chi connectivity index (χ0n) is 11.3. The van der Waals surface area contributed by atoms with Crippen LogP contribution in [0.5, 0.6) is 0 Å². The maximum atomic E-state index is 3.92. The quantitative estimate of drug-likeness (QED) is 0.265. The lowest BCUT2D eigenvalue weighted by Crippen LogP contribution is -2.67. The lowest BCUT2D eigenvalue weighted by atomic mass is 9.80. The third-order valence-electron chi connectivity index (χ3n) is 3.28. The van der Waals surface area contributed by atoms with E-state index in [1.54, 1.807) is 0 Å². The van der Waals surface area contributed by atoms with Gasteiger partial charge in [-0.3, -0.25) is 0 Å². The first-order valence-corrected chi connectivity index (χ1v) is 16.2. The van der Waals surface area contributed by atoms with E-state index in [1.165, 1.54) is 0 Å². The molecular weight excluding hydrogens is 1180 g/mol. The summed E-state index contributed by atoms with van der Waals surface area (Å²) >= 11 is 48.9. The predicted molar refractivity (Wildman–Crippen MR) is 158 cm³/mol. The van der Waals surface area contributed by atoms with Crippen LogP contribution in [-0.4, -0.2) is 12.9 Å². The molecule has 0 atom stereocenters. The van der Waals surface area contributed by atoms with E-state index in [0.717, 1.165) is 5.56 Å². The molecule has 0 nitrogen and oxygen atoms in total. The summed E-state index contributed by atoms with van der Waals surface area (Å²) in [7, 11) is 0. The summed E-state index contributed by atoms with van der Waals surface area (Å²) in [6.07, 6.45) is 0. The second-order valence-corrected chi connectivity index (χ2v) is 31.9. The van der Waals surface area contributed by atoms with Gasteiger partial charge in [0.25, 0.3) is 0 Å². The summed E-state index contributed by atoms with van der Waals surface area (Å²) in [5.74, 6) is 0. The zero-order valence-corrected chi connectivity index (χ0v) is 31.9. The van der Waals surface area contributed by atoms with E-state index in [4.69, 9.17) is 0 Å². The SMILES string of the molecule is BrC(Br)(Br)C(Br)(Br)C(Br)(Br)C(c1ccccc1)(C(Br)(Br)Br)C(Br)(Br)Br. The fraction of sp³-hybridized carbons (Fsp3) is 0.500. The highest BCUT2D eigenvalue weighted by atomic mass is 80.0. The van der Waals surface area contributed by atoms with Crippen LogP contribution in [0.25, 0.3) is 0 Å². The second-order valence-electron chi connectivity index (χ2n) is 4.76. The molecule has 0 unspecified atom stereocenters. The van der Waals surface area contributed by atoms with Crippen molar-refractivity contribution in [1.82, 2.24) is 0 Å². The van der Waals surface area contributed by atoms with Gasteiger partial charge in [0.2, 0.25) is 0 Å². The Morgan fingerprint density at radius 1 is 0.440 bits per heavy atom. The van der Waals surface area contributed by atoms with E-state index in [9.17, 15) is 0 Å². The first kappa shape index (κ1) is 28.5. The molecule has 0 radical (unpaired) electrons. The summed E-state index contributed by atoms with van der Waals surface area (Å²) in [4.78, 5) is 0. The van der Waals surface area contributed by atoms with Crippen molar-refractivity contribution in [2.45, 2.75) is 18.3 Å². The molecule has 0 N–H and O–H groups in total. The average molecular weight is 1190 g/mol. The fourth-order valence-electron chi connectivity index (χ4n) is 2.13. The van der Waals surface area contributed by atoms with Crippen molar-refractivity contribution in [2.75, 3.05) is 0 Å². The monoisotopic (exact) mass is 1170 g/mol. The number of hydrogen-bond acceptors (Lipinski definition) is 0. The van der Waals surface area contributed by atoms with E-state index in [0.29, 0.717) is 0 Å². The van der Waals surface area contributed by atoms with Crippen molar-refractivity contribution in [2.24, 2.45) is 0 Å². The van der Waals surface area contributed by atoms with Crippen molar-refractivity contribution < 1.29 is 0 Å². The summed E-state index contributed by atoms with van der Waals surface area (Å²) in [6, 6.07) is 9.98. The molecule has 25 heavy (non-hydrogen) atoms. The summed E-state index contributed by atoms with van der Waals surface area (Å²) in [5, 5.41) is 0. The van der Waals surface area contributed by atoms with Crippen LogP contribution in [0.2, 0.25) is 0 Å². The fourth-order valence-corrected chi connectivity index (χ4v) is 18.0. The Kier molecular flexibility index (Phi) is 11.1. The van der Waals surface area contributed by atoms with E-state index in [-0.39, 0.29) is 0 Å². The zero-order chi connectivity index (χ0) is 20.1. The van der Waals surface area contributed by atoms with Crippen LogP contribution in [0.4, 0.5) is 0 Å². The summed E-state index contributed by atoms with van der Waals surface area (Å²) in [5.41, 5.74) is 0.127. The minimum Gasteiger partial charge on any atom is -0.0688 e. The van der Waals surface area contributed by atoms with Gasteiger partial charge >= 0.3 is 0 Å². The van der Waals surface area contributed by atoms with Crippen LogP contribution in [0.1, 0.15) is 5.56 Å². The van der Waals surface area contributed by atoms with Gasteiger partial charge in [0.1, 0.15) is 10.8 Å². The van der Waals surface area contributed by atoms with Gasteiger partial charge in [0.15, 0.2) is 2.14 Å². The van der Waals surface area contributed by atoms with Crippen LogP contribution < -0.4 is 0 Å². The molecule has 0 saturated heterocycles. The third-order valence-corrected chi connectivity index (χ3v) is 18.7. The Hall–Kier alpha value is 5.46. The Bertz CT molecular complexity index is 576. The van der Waals surface area contributed by atoms with Gasteiger partial charge in [-0.15, -0.1) is 0 Å². The molecule has 0 bridgehead atoms. The lowest BCUT2D eigenvalue weighted by Gasteiger charge is -2.58. The van der Waals surface area contributed by atoms with Gasteiger partial charge in [0.05, 0.1) is 5.41 Å². The highest BCUT2D eigenvalue weighted by Crippen LogP contribution is 2.77. The molecule has 0 heterocycles. The van der Waals surface area contributed by atoms with Crippen LogP contribution in [0.3, 0.4) is 0 Å². The van der Waals surface area contributed by atoms with Gasteiger partial charge in [-0.1, -0.05) is 237 Å². The molecule has 144 valence electrons. The number of rotatable bonds is 3. The molecular formula is C12H5Br13. The van der Waals surface area contributed by atoms with Crippen molar-refractivity contribution >= 4 is 207 Å². The largest absolute Gasteiger partial charge is 0.162 e. The topological polar surface area (TPSA) is 0 Å². The third kappa shape index (κ3) is 5.35. The Morgan fingerprint density at radius 3 is 1.08 bits per heavy atom. The molecule has 1 aromatic carbocycles. The summed E-state index contributed by atoms with van der Waals surface area (Å²) in [6.45, 7) is 0. The maximum absolute atomic E-state index is 3.92. The molecule has 13 heteroatoms. The minimum absolute atomic E-state index is 0.746. The van der Waals surface area contributed by atoms with E-state index >= 15 is 0 Å². The number of hydrogen-bond donors (Lipinski definition) is 0. The average Bonchev–Trinajstić information content (AvgIpc) is 2.35. The molecule has 0 aliphatic heterocycles. The second kappa shape index (κ2) is 9.75.